The maximum Gasteiger partial charge on any atom is 0.104 e. The molecule has 0 saturated carbocycles. The van der Waals surface area contributed by atoms with Crippen molar-refractivity contribution in [1.82, 2.24) is 0 Å². The number of aliphatic hydroxyl groups excluding tert-OH is 1. The Balaban J connectivity index is 0.000000257. The van der Waals surface area contributed by atoms with E-state index in [1.807, 2.05) is 60.7 Å². The van der Waals surface area contributed by atoms with E-state index in [0.717, 1.165) is 24.3 Å². The SMILES string of the molecule is CC(C)COCC(C)C.OC(c1ccccc1)c1ccccc1. The summed E-state index contributed by atoms with van der Waals surface area (Å²) < 4.78 is 5.36. The van der Waals surface area contributed by atoms with Crippen LogP contribution in [-0.4, -0.2) is 18.3 Å². The van der Waals surface area contributed by atoms with E-state index in [1.54, 1.807) is 0 Å². The number of rotatable bonds is 6. The molecule has 0 unspecified atom stereocenters. The van der Waals surface area contributed by atoms with Gasteiger partial charge in [-0.2, -0.15) is 0 Å². The topological polar surface area (TPSA) is 29.5 Å². The molecule has 0 heterocycles. The zero-order valence-electron chi connectivity index (χ0n) is 14.8. The molecule has 2 aromatic carbocycles. The first-order valence-corrected chi connectivity index (χ1v) is 8.36. The summed E-state index contributed by atoms with van der Waals surface area (Å²) in [5.41, 5.74) is 1.86. The van der Waals surface area contributed by atoms with Crippen molar-refractivity contribution in [1.29, 1.82) is 0 Å². The molecule has 0 amide bonds. The van der Waals surface area contributed by atoms with Gasteiger partial charge in [0, 0.05) is 13.2 Å². The Morgan fingerprint density at radius 2 is 1.04 bits per heavy atom. The molecule has 2 heteroatoms. The Labute approximate surface area is 141 Å². The van der Waals surface area contributed by atoms with Crippen LogP contribution in [0.15, 0.2) is 60.7 Å². The maximum absolute atomic E-state index is 9.99. The van der Waals surface area contributed by atoms with Gasteiger partial charge in [0.05, 0.1) is 0 Å². The van der Waals surface area contributed by atoms with E-state index in [2.05, 4.69) is 27.7 Å². The number of hydrogen-bond donors (Lipinski definition) is 1. The van der Waals surface area contributed by atoms with Crippen LogP contribution in [0.1, 0.15) is 44.9 Å². The second-order valence-corrected chi connectivity index (χ2v) is 6.55. The third-order valence-electron chi connectivity index (χ3n) is 3.13. The van der Waals surface area contributed by atoms with E-state index < -0.39 is 6.10 Å². The predicted octanol–water partition coefficient (Wildman–Crippen LogP) is 5.08. The van der Waals surface area contributed by atoms with Crippen LogP contribution < -0.4 is 0 Å². The minimum absolute atomic E-state index is 0.516. The van der Waals surface area contributed by atoms with Gasteiger partial charge in [-0.3, -0.25) is 0 Å². The van der Waals surface area contributed by atoms with Crippen molar-refractivity contribution in [2.75, 3.05) is 13.2 Å². The van der Waals surface area contributed by atoms with Gasteiger partial charge in [0.2, 0.25) is 0 Å². The largest absolute Gasteiger partial charge is 0.384 e. The molecule has 0 fully saturated rings. The Hall–Kier alpha value is -1.64. The van der Waals surface area contributed by atoms with Crippen LogP contribution in [0.5, 0.6) is 0 Å². The fourth-order valence-electron chi connectivity index (χ4n) is 2.00. The highest BCUT2D eigenvalue weighted by Crippen LogP contribution is 2.20. The van der Waals surface area contributed by atoms with Gasteiger partial charge in [-0.1, -0.05) is 88.4 Å². The minimum atomic E-state index is -0.516. The summed E-state index contributed by atoms with van der Waals surface area (Å²) in [6.07, 6.45) is -0.516. The Morgan fingerprint density at radius 1 is 0.696 bits per heavy atom. The lowest BCUT2D eigenvalue weighted by atomic mass is 10.0. The molecular formula is C21H30O2. The molecule has 0 aliphatic heterocycles. The molecule has 2 rings (SSSR count). The average Bonchev–Trinajstić information content (AvgIpc) is 2.56. The van der Waals surface area contributed by atoms with Gasteiger partial charge >= 0.3 is 0 Å². The Kier molecular flexibility index (Phi) is 9.27. The monoisotopic (exact) mass is 314 g/mol. The summed E-state index contributed by atoms with van der Waals surface area (Å²) in [5.74, 6) is 1.34. The molecular weight excluding hydrogens is 284 g/mol. The van der Waals surface area contributed by atoms with Crippen LogP contribution in [-0.2, 0) is 4.74 Å². The highest BCUT2D eigenvalue weighted by atomic mass is 16.5. The standard InChI is InChI=1S/C13H12O.C8H18O/c14-13(11-7-3-1-4-8-11)12-9-5-2-6-10-12;1-7(2)5-9-6-8(3)4/h1-10,13-14H;7-8H,5-6H2,1-4H3. The van der Waals surface area contributed by atoms with E-state index in [4.69, 9.17) is 4.74 Å². The Morgan fingerprint density at radius 3 is 1.35 bits per heavy atom. The van der Waals surface area contributed by atoms with Crippen molar-refractivity contribution in [2.45, 2.75) is 33.8 Å². The molecule has 0 atom stereocenters. The summed E-state index contributed by atoms with van der Waals surface area (Å²) in [4.78, 5) is 0. The van der Waals surface area contributed by atoms with E-state index in [9.17, 15) is 5.11 Å². The maximum atomic E-state index is 9.99. The average molecular weight is 314 g/mol. The van der Waals surface area contributed by atoms with Crippen LogP contribution in [0, 0.1) is 11.8 Å². The molecule has 0 aliphatic carbocycles. The molecule has 126 valence electrons. The normalized spacial score (nSPS) is 10.8. The molecule has 2 nitrogen and oxygen atoms in total. The van der Waals surface area contributed by atoms with Crippen molar-refractivity contribution in [2.24, 2.45) is 11.8 Å². The molecule has 23 heavy (non-hydrogen) atoms. The first kappa shape index (κ1) is 19.4. The molecule has 0 bridgehead atoms. The van der Waals surface area contributed by atoms with Crippen molar-refractivity contribution in [3.63, 3.8) is 0 Å². The zero-order chi connectivity index (χ0) is 17.1. The van der Waals surface area contributed by atoms with Gasteiger partial charge in [0.25, 0.3) is 0 Å². The summed E-state index contributed by atoms with van der Waals surface area (Å²) in [6, 6.07) is 19.3. The first-order chi connectivity index (χ1) is 11.0. The number of ether oxygens (including phenoxy) is 1. The van der Waals surface area contributed by atoms with Crippen molar-refractivity contribution in [3.8, 4) is 0 Å². The number of benzene rings is 2. The van der Waals surface area contributed by atoms with Gasteiger partial charge in [-0.05, 0) is 23.0 Å². The minimum Gasteiger partial charge on any atom is -0.384 e. The van der Waals surface area contributed by atoms with E-state index in [1.165, 1.54) is 0 Å². The van der Waals surface area contributed by atoms with E-state index in [0.29, 0.717) is 11.8 Å². The quantitative estimate of drug-likeness (QED) is 0.805. The molecule has 2 aromatic rings. The molecule has 0 aliphatic rings. The van der Waals surface area contributed by atoms with Crippen molar-refractivity contribution < 1.29 is 9.84 Å². The van der Waals surface area contributed by atoms with Crippen LogP contribution >= 0.6 is 0 Å². The van der Waals surface area contributed by atoms with Crippen molar-refractivity contribution >= 4 is 0 Å². The smallest absolute Gasteiger partial charge is 0.104 e. The lowest BCUT2D eigenvalue weighted by molar-refractivity contribution is 0.0886. The fraction of sp³-hybridized carbons (Fsp3) is 0.429. The van der Waals surface area contributed by atoms with Gasteiger partial charge < -0.3 is 9.84 Å². The van der Waals surface area contributed by atoms with Crippen LogP contribution in [0.4, 0.5) is 0 Å². The molecule has 0 spiro atoms. The Bertz CT molecular complexity index is 458. The van der Waals surface area contributed by atoms with Crippen LogP contribution in [0.25, 0.3) is 0 Å². The first-order valence-electron chi connectivity index (χ1n) is 8.36. The number of aliphatic hydroxyl groups is 1. The molecule has 1 N–H and O–H groups in total. The fourth-order valence-corrected chi connectivity index (χ4v) is 2.00. The second-order valence-electron chi connectivity index (χ2n) is 6.55. The van der Waals surface area contributed by atoms with Crippen LogP contribution in [0.2, 0.25) is 0 Å². The summed E-state index contributed by atoms with van der Waals surface area (Å²) in [6.45, 7) is 10.5. The highest BCUT2D eigenvalue weighted by Gasteiger charge is 2.07. The lowest BCUT2D eigenvalue weighted by Gasteiger charge is -2.10. The third-order valence-corrected chi connectivity index (χ3v) is 3.13. The summed E-state index contributed by atoms with van der Waals surface area (Å²) in [7, 11) is 0. The molecule has 0 aromatic heterocycles. The number of hydrogen-bond acceptors (Lipinski definition) is 2. The summed E-state index contributed by atoms with van der Waals surface area (Å²) >= 11 is 0. The van der Waals surface area contributed by atoms with E-state index >= 15 is 0 Å². The van der Waals surface area contributed by atoms with Gasteiger partial charge in [-0.25, -0.2) is 0 Å². The van der Waals surface area contributed by atoms with Gasteiger partial charge in [0.1, 0.15) is 6.10 Å². The highest BCUT2D eigenvalue weighted by molar-refractivity contribution is 5.29. The molecule has 0 radical (unpaired) electrons. The predicted molar refractivity (Wildman–Crippen MR) is 97.4 cm³/mol. The second kappa shape index (κ2) is 11.0. The van der Waals surface area contributed by atoms with Crippen molar-refractivity contribution in [3.05, 3.63) is 71.8 Å². The lowest BCUT2D eigenvalue weighted by Crippen LogP contribution is -2.06. The zero-order valence-corrected chi connectivity index (χ0v) is 14.8. The van der Waals surface area contributed by atoms with E-state index in [-0.39, 0.29) is 0 Å². The summed E-state index contributed by atoms with van der Waals surface area (Å²) in [5, 5.41) is 9.99. The van der Waals surface area contributed by atoms with Gasteiger partial charge in [-0.15, -0.1) is 0 Å². The third kappa shape index (κ3) is 8.53. The van der Waals surface area contributed by atoms with Gasteiger partial charge in [0.15, 0.2) is 0 Å². The van der Waals surface area contributed by atoms with Crippen LogP contribution in [0.3, 0.4) is 0 Å². The molecule has 0 saturated heterocycles.